The molecule has 0 saturated heterocycles. The van der Waals surface area contributed by atoms with Crippen LogP contribution in [0.25, 0.3) is 32.9 Å². The molecule has 2 aromatic heterocycles. The summed E-state index contributed by atoms with van der Waals surface area (Å²) < 4.78 is 22.5. The third-order valence-corrected chi connectivity index (χ3v) is 5.21. The van der Waals surface area contributed by atoms with Crippen molar-refractivity contribution in [2.45, 2.75) is 6.54 Å². The van der Waals surface area contributed by atoms with E-state index in [1.54, 1.807) is 48.4 Å². The van der Waals surface area contributed by atoms with Gasteiger partial charge in [-0.1, -0.05) is 12.1 Å². The van der Waals surface area contributed by atoms with Gasteiger partial charge in [-0.25, -0.2) is 4.39 Å². The molecule has 0 fully saturated rings. The van der Waals surface area contributed by atoms with Crippen LogP contribution in [0.1, 0.15) is 0 Å². The van der Waals surface area contributed by atoms with Gasteiger partial charge in [0.15, 0.2) is 0 Å². The molecular weight excluding hydrogens is 431 g/mol. The Bertz CT molecular complexity index is 1380. The van der Waals surface area contributed by atoms with Gasteiger partial charge in [-0.3, -0.25) is 23.7 Å². The average Bonchev–Trinajstić information content (AvgIpc) is 3.38. The second-order valence-electron chi connectivity index (χ2n) is 7.33. The molecule has 11 heteroatoms. The number of ether oxygens (including phenoxy) is 1. The number of methoxy groups -OCH3 is 1. The molecule has 0 unspecified atom stereocenters. The predicted octanol–water partition coefficient (Wildman–Crippen LogP) is 1.13. The van der Waals surface area contributed by atoms with Crippen molar-refractivity contribution in [2.75, 3.05) is 20.2 Å². The van der Waals surface area contributed by atoms with Crippen LogP contribution < -0.4 is 10.6 Å². The topological polar surface area (TPSA) is 120 Å². The lowest BCUT2D eigenvalue weighted by molar-refractivity contribution is -0.141. The highest BCUT2D eigenvalue weighted by Crippen LogP contribution is 2.32. The van der Waals surface area contributed by atoms with Gasteiger partial charge in [0.1, 0.15) is 18.9 Å². The molecule has 4 rings (SSSR count). The number of halogens is 1. The maximum absolute atomic E-state index is 14.9. The second kappa shape index (κ2) is 9.07. The third kappa shape index (κ3) is 4.52. The van der Waals surface area contributed by atoms with E-state index in [4.69, 9.17) is 0 Å². The maximum atomic E-state index is 14.9. The minimum atomic E-state index is -0.590. The number of hydrogen-bond donors (Lipinski definition) is 2. The molecule has 0 atom stereocenters. The molecule has 0 bridgehead atoms. The highest BCUT2D eigenvalue weighted by Gasteiger charge is 2.16. The second-order valence-corrected chi connectivity index (χ2v) is 7.33. The molecule has 2 aromatic carbocycles. The first kappa shape index (κ1) is 21.9. The van der Waals surface area contributed by atoms with E-state index in [1.807, 2.05) is 0 Å². The van der Waals surface area contributed by atoms with Crippen LogP contribution in [-0.2, 0) is 32.7 Å². The first-order valence-corrected chi connectivity index (χ1v) is 10.0. The fraction of sp³-hybridized carbons (Fsp3) is 0.227. The Labute approximate surface area is 187 Å². The van der Waals surface area contributed by atoms with E-state index >= 15 is 0 Å². The summed E-state index contributed by atoms with van der Waals surface area (Å²) in [4.78, 5) is 35.1. The Morgan fingerprint density at radius 1 is 1.00 bits per heavy atom. The number of rotatable bonds is 7. The Balaban J connectivity index is 1.52. The molecule has 0 saturated carbocycles. The zero-order valence-corrected chi connectivity index (χ0v) is 18.0. The lowest BCUT2D eigenvalue weighted by atomic mass is 10.0. The molecule has 0 aliphatic carbocycles. The van der Waals surface area contributed by atoms with E-state index in [-0.39, 0.29) is 25.5 Å². The van der Waals surface area contributed by atoms with Crippen LogP contribution in [0.3, 0.4) is 0 Å². The summed E-state index contributed by atoms with van der Waals surface area (Å²) in [6.07, 6.45) is 3.18. The Kier molecular flexibility index (Phi) is 6.03. The fourth-order valence-corrected chi connectivity index (χ4v) is 3.52. The van der Waals surface area contributed by atoms with E-state index in [0.29, 0.717) is 27.4 Å². The van der Waals surface area contributed by atoms with Gasteiger partial charge in [-0.05, 0) is 23.8 Å². The van der Waals surface area contributed by atoms with Crippen LogP contribution in [0, 0.1) is 5.82 Å². The van der Waals surface area contributed by atoms with Gasteiger partial charge in [0.2, 0.25) is 11.8 Å². The number of aryl methyl sites for hydroxylation is 1. The van der Waals surface area contributed by atoms with Crippen molar-refractivity contribution < 1.29 is 23.5 Å². The molecule has 0 aliphatic heterocycles. The zero-order chi connectivity index (χ0) is 23.5. The van der Waals surface area contributed by atoms with Crippen molar-refractivity contribution in [3.05, 3.63) is 48.5 Å². The molecular formula is C22H21FN6O4. The standard InChI is InChI=1S/C22H21FN6O4/c1-28-19-7-15(17(23)6-13(19)8-26-28)14-4-3-5-18-16(14)9-27-29(18)12-21(31)24-10-20(30)25-11-22(32)33-2/h3-9H,10-12H2,1-2H3,(H,24,31)(H,25,30). The summed E-state index contributed by atoms with van der Waals surface area (Å²) in [5, 5.41) is 14.6. The van der Waals surface area contributed by atoms with Gasteiger partial charge >= 0.3 is 5.97 Å². The highest BCUT2D eigenvalue weighted by molar-refractivity contribution is 5.97. The monoisotopic (exact) mass is 452 g/mol. The molecule has 33 heavy (non-hydrogen) atoms. The number of nitrogens with one attached hydrogen (secondary N) is 2. The van der Waals surface area contributed by atoms with Crippen molar-refractivity contribution in [1.82, 2.24) is 30.2 Å². The van der Waals surface area contributed by atoms with Crippen molar-refractivity contribution in [2.24, 2.45) is 7.05 Å². The van der Waals surface area contributed by atoms with E-state index in [1.165, 1.54) is 17.9 Å². The molecule has 2 heterocycles. The van der Waals surface area contributed by atoms with Gasteiger partial charge in [-0.2, -0.15) is 10.2 Å². The number of carbonyl (C=O) groups excluding carboxylic acids is 3. The number of esters is 1. The summed E-state index contributed by atoms with van der Waals surface area (Å²) in [5.74, 6) is -1.94. The molecule has 10 nitrogen and oxygen atoms in total. The zero-order valence-electron chi connectivity index (χ0n) is 18.0. The normalized spacial score (nSPS) is 11.0. The van der Waals surface area contributed by atoms with Crippen LogP contribution in [-0.4, -0.2) is 57.5 Å². The van der Waals surface area contributed by atoms with Gasteiger partial charge in [-0.15, -0.1) is 0 Å². The SMILES string of the molecule is COC(=O)CNC(=O)CNC(=O)Cn1ncc2c(-c3cc4c(cnn4C)cc3F)cccc21. The van der Waals surface area contributed by atoms with Crippen LogP contribution in [0.15, 0.2) is 42.7 Å². The van der Waals surface area contributed by atoms with Crippen LogP contribution in [0.4, 0.5) is 4.39 Å². The molecule has 4 aromatic rings. The Morgan fingerprint density at radius 3 is 2.58 bits per heavy atom. The minimum Gasteiger partial charge on any atom is -0.468 e. The molecule has 2 amide bonds. The van der Waals surface area contributed by atoms with E-state index in [0.717, 1.165) is 5.52 Å². The van der Waals surface area contributed by atoms with E-state index in [9.17, 15) is 18.8 Å². The number of nitrogens with zero attached hydrogens (tertiary/aromatic N) is 4. The lowest BCUT2D eigenvalue weighted by Crippen LogP contribution is -2.40. The largest absolute Gasteiger partial charge is 0.468 e. The van der Waals surface area contributed by atoms with E-state index in [2.05, 4.69) is 25.6 Å². The van der Waals surface area contributed by atoms with Crippen LogP contribution in [0.2, 0.25) is 0 Å². The van der Waals surface area contributed by atoms with Gasteiger partial charge < -0.3 is 15.4 Å². The number of carbonyl (C=O) groups is 3. The molecule has 170 valence electrons. The summed E-state index contributed by atoms with van der Waals surface area (Å²) in [7, 11) is 3.00. The molecule has 0 aliphatic rings. The molecule has 0 radical (unpaired) electrons. The van der Waals surface area contributed by atoms with Gasteiger partial charge in [0.05, 0.1) is 37.1 Å². The van der Waals surface area contributed by atoms with Crippen molar-refractivity contribution in [3.63, 3.8) is 0 Å². The van der Waals surface area contributed by atoms with Crippen molar-refractivity contribution >= 4 is 39.6 Å². The summed E-state index contributed by atoms with van der Waals surface area (Å²) >= 11 is 0. The van der Waals surface area contributed by atoms with E-state index < -0.39 is 17.8 Å². The summed E-state index contributed by atoms with van der Waals surface area (Å²) in [5.41, 5.74) is 2.48. The summed E-state index contributed by atoms with van der Waals surface area (Å²) in [6, 6.07) is 8.52. The maximum Gasteiger partial charge on any atom is 0.325 e. The van der Waals surface area contributed by atoms with Crippen LogP contribution in [0.5, 0.6) is 0 Å². The third-order valence-electron chi connectivity index (χ3n) is 5.21. The summed E-state index contributed by atoms with van der Waals surface area (Å²) in [6.45, 7) is -0.713. The first-order valence-electron chi connectivity index (χ1n) is 10.0. The average molecular weight is 452 g/mol. The number of benzene rings is 2. The number of aromatic nitrogens is 4. The van der Waals surface area contributed by atoms with Gasteiger partial charge in [0.25, 0.3) is 0 Å². The quantitative estimate of drug-likeness (QED) is 0.406. The number of amides is 2. The van der Waals surface area contributed by atoms with Gasteiger partial charge in [0, 0.05) is 23.4 Å². The smallest absolute Gasteiger partial charge is 0.325 e. The number of hydrogen-bond acceptors (Lipinski definition) is 6. The van der Waals surface area contributed by atoms with Crippen molar-refractivity contribution in [1.29, 1.82) is 0 Å². The first-order chi connectivity index (χ1) is 15.9. The Morgan fingerprint density at radius 2 is 1.79 bits per heavy atom. The highest BCUT2D eigenvalue weighted by atomic mass is 19.1. The van der Waals surface area contributed by atoms with Crippen LogP contribution >= 0.6 is 0 Å². The predicted molar refractivity (Wildman–Crippen MR) is 117 cm³/mol. The molecule has 2 N–H and O–H groups in total. The fourth-order valence-electron chi connectivity index (χ4n) is 3.52. The number of fused-ring (bicyclic) bond motifs is 2. The lowest BCUT2D eigenvalue weighted by Gasteiger charge is -2.09. The Hall–Kier alpha value is -4.28. The van der Waals surface area contributed by atoms with Crippen molar-refractivity contribution in [3.8, 4) is 11.1 Å². The molecule has 0 spiro atoms. The minimum absolute atomic E-state index is 0.138.